The van der Waals surface area contributed by atoms with Crippen molar-refractivity contribution < 1.29 is 23.8 Å². The fourth-order valence-electron chi connectivity index (χ4n) is 4.03. The Morgan fingerprint density at radius 2 is 1.43 bits per heavy atom. The van der Waals surface area contributed by atoms with Crippen LogP contribution in [0.5, 0.6) is 6.01 Å². The molecule has 7 heteroatoms. The molecule has 0 bridgehead atoms. The molecule has 4 aromatic rings. The molecule has 2 atom stereocenters. The lowest BCUT2D eigenvalue weighted by molar-refractivity contribution is -0.166. The Kier molecular flexibility index (Phi) is 7.17. The van der Waals surface area contributed by atoms with Gasteiger partial charge in [0.05, 0.1) is 6.61 Å². The zero-order valence-corrected chi connectivity index (χ0v) is 19.4. The summed E-state index contributed by atoms with van der Waals surface area (Å²) in [6.45, 7) is 3.62. The number of hydrogen-bond acceptors (Lipinski definition) is 5. The summed E-state index contributed by atoms with van der Waals surface area (Å²) in [6.07, 6.45) is -1.60. The van der Waals surface area contributed by atoms with Crippen LogP contribution in [0, 0.1) is 19.7 Å². The molecule has 1 aromatic heterocycles. The number of ether oxygens (including phenoxy) is 2. The molecule has 0 spiro atoms. The zero-order chi connectivity index (χ0) is 24.8. The molecule has 0 aliphatic heterocycles. The highest BCUT2D eigenvalue weighted by Gasteiger charge is 2.50. The van der Waals surface area contributed by atoms with Gasteiger partial charge < -0.3 is 14.6 Å². The number of hydrogen-bond donors (Lipinski definition) is 1. The largest absolute Gasteiger partial charge is 0.478 e. The number of carboxylic acid groups (broad SMARTS) is 1. The number of aliphatic carboxylic acids is 1. The number of aromatic nitrogens is 2. The van der Waals surface area contributed by atoms with E-state index in [0.717, 1.165) is 5.56 Å². The third-order valence-corrected chi connectivity index (χ3v) is 5.56. The van der Waals surface area contributed by atoms with E-state index in [1.54, 1.807) is 44.2 Å². The predicted octanol–water partition coefficient (Wildman–Crippen LogP) is 5.23. The van der Waals surface area contributed by atoms with E-state index in [-0.39, 0.29) is 12.6 Å². The van der Waals surface area contributed by atoms with Crippen molar-refractivity contribution in [2.75, 3.05) is 0 Å². The lowest BCUT2D eigenvalue weighted by Gasteiger charge is -2.39. The van der Waals surface area contributed by atoms with E-state index >= 15 is 0 Å². The Hall–Kier alpha value is -4.10. The fourth-order valence-corrected chi connectivity index (χ4v) is 4.03. The minimum Gasteiger partial charge on any atom is -0.478 e. The topological polar surface area (TPSA) is 81.5 Å². The highest BCUT2D eigenvalue weighted by Crippen LogP contribution is 2.40. The first-order valence-electron chi connectivity index (χ1n) is 11.1. The molecule has 0 saturated carbocycles. The van der Waals surface area contributed by atoms with Crippen molar-refractivity contribution in [1.82, 2.24) is 9.97 Å². The number of benzene rings is 3. The van der Waals surface area contributed by atoms with Crippen molar-refractivity contribution in [2.24, 2.45) is 0 Å². The molecular weight excluding hydrogens is 447 g/mol. The second-order valence-corrected chi connectivity index (χ2v) is 8.15. The smallest absolute Gasteiger partial charge is 0.348 e. The van der Waals surface area contributed by atoms with Crippen molar-refractivity contribution in [3.63, 3.8) is 0 Å². The highest BCUT2D eigenvalue weighted by molar-refractivity contribution is 5.76. The zero-order valence-electron chi connectivity index (χ0n) is 19.4. The van der Waals surface area contributed by atoms with Gasteiger partial charge in [-0.05, 0) is 48.7 Å². The van der Waals surface area contributed by atoms with Gasteiger partial charge in [-0.2, -0.15) is 0 Å². The fraction of sp³-hybridized carbons (Fsp3) is 0.179. The van der Waals surface area contributed by atoms with E-state index in [1.807, 2.05) is 36.4 Å². The van der Waals surface area contributed by atoms with Crippen LogP contribution < -0.4 is 4.74 Å². The van der Waals surface area contributed by atoms with Crippen LogP contribution in [0.2, 0.25) is 0 Å². The summed E-state index contributed by atoms with van der Waals surface area (Å²) in [7, 11) is 0. The minimum atomic E-state index is -1.66. The van der Waals surface area contributed by atoms with Crippen LogP contribution in [0.3, 0.4) is 0 Å². The molecule has 4 rings (SSSR count). The SMILES string of the molecule is Cc1cc(C)nc(O[C@@H](C(=O)O)[C@@](OCc2ccccc2)(c2ccccc2)c2ccc(F)cc2)n1. The van der Waals surface area contributed by atoms with Crippen LogP contribution >= 0.6 is 0 Å². The van der Waals surface area contributed by atoms with Crippen molar-refractivity contribution in [3.8, 4) is 6.01 Å². The molecule has 35 heavy (non-hydrogen) atoms. The van der Waals surface area contributed by atoms with Crippen LogP contribution in [0.4, 0.5) is 4.39 Å². The summed E-state index contributed by atoms with van der Waals surface area (Å²) in [4.78, 5) is 21.4. The van der Waals surface area contributed by atoms with E-state index in [2.05, 4.69) is 9.97 Å². The lowest BCUT2D eigenvalue weighted by atomic mass is 9.81. The van der Waals surface area contributed by atoms with Crippen molar-refractivity contribution in [1.29, 1.82) is 0 Å². The van der Waals surface area contributed by atoms with Crippen molar-refractivity contribution >= 4 is 5.97 Å². The second kappa shape index (κ2) is 10.4. The number of rotatable bonds is 9. The number of nitrogens with zero attached hydrogens (tertiary/aromatic N) is 2. The molecule has 0 unspecified atom stereocenters. The molecule has 3 aromatic carbocycles. The average molecular weight is 473 g/mol. The quantitative estimate of drug-likeness (QED) is 0.360. The predicted molar refractivity (Wildman–Crippen MR) is 128 cm³/mol. The first-order chi connectivity index (χ1) is 16.9. The maximum Gasteiger partial charge on any atom is 0.348 e. The maximum absolute atomic E-state index is 13.9. The van der Waals surface area contributed by atoms with Gasteiger partial charge in [-0.25, -0.2) is 19.2 Å². The minimum absolute atomic E-state index is 0.0773. The Morgan fingerprint density at radius 1 is 0.886 bits per heavy atom. The van der Waals surface area contributed by atoms with E-state index in [9.17, 15) is 14.3 Å². The van der Waals surface area contributed by atoms with Crippen LogP contribution in [0.1, 0.15) is 28.1 Å². The van der Waals surface area contributed by atoms with Gasteiger partial charge in [0.25, 0.3) is 0 Å². The molecule has 0 aliphatic rings. The summed E-state index contributed by atoms with van der Waals surface area (Å²) >= 11 is 0. The molecular formula is C28H25FN2O4. The molecule has 0 radical (unpaired) electrons. The van der Waals surface area contributed by atoms with Crippen molar-refractivity contribution in [3.05, 3.63) is 125 Å². The Labute approximate surface area is 203 Å². The van der Waals surface area contributed by atoms with Crippen molar-refractivity contribution in [2.45, 2.75) is 32.2 Å². The second-order valence-electron chi connectivity index (χ2n) is 8.15. The highest BCUT2D eigenvalue weighted by atomic mass is 19.1. The molecule has 178 valence electrons. The van der Waals surface area contributed by atoms with E-state index in [1.165, 1.54) is 24.3 Å². The van der Waals surface area contributed by atoms with Gasteiger partial charge in [-0.3, -0.25) is 0 Å². The third-order valence-electron chi connectivity index (χ3n) is 5.56. The van der Waals surface area contributed by atoms with E-state index in [0.29, 0.717) is 22.5 Å². The number of carboxylic acids is 1. The summed E-state index contributed by atoms with van der Waals surface area (Å²) in [5, 5.41) is 10.4. The molecule has 0 aliphatic carbocycles. The monoisotopic (exact) mass is 472 g/mol. The first kappa shape index (κ1) is 24.0. The summed E-state index contributed by atoms with van der Waals surface area (Å²) in [5.74, 6) is -1.74. The first-order valence-corrected chi connectivity index (χ1v) is 11.1. The van der Waals surface area contributed by atoms with Crippen LogP contribution in [0.15, 0.2) is 91.0 Å². The molecule has 1 N–H and O–H groups in total. The lowest BCUT2D eigenvalue weighted by Crippen LogP contribution is -2.51. The maximum atomic E-state index is 13.9. The van der Waals surface area contributed by atoms with E-state index < -0.39 is 23.5 Å². The average Bonchev–Trinajstić information content (AvgIpc) is 2.85. The van der Waals surface area contributed by atoms with E-state index in [4.69, 9.17) is 9.47 Å². The summed E-state index contributed by atoms with van der Waals surface area (Å²) in [6, 6.07) is 25.5. The summed E-state index contributed by atoms with van der Waals surface area (Å²) < 4.78 is 26.4. The molecule has 0 fully saturated rings. The molecule has 6 nitrogen and oxygen atoms in total. The van der Waals surface area contributed by atoms with Gasteiger partial charge in [0.2, 0.25) is 6.10 Å². The number of aryl methyl sites for hydroxylation is 2. The van der Waals surface area contributed by atoms with Gasteiger partial charge in [-0.1, -0.05) is 72.8 Å². The summed E-state index contributed by atoms with van der Waals surface area (Å²) in [5.41, 5.74) is 1.39. The van der Waals surface area contributed by atoms with Crippen LogP contribution in [0.25, 0.3) is 0 Å². The Bertz CT molecular complexity index is 1260. The normalized spacial score (nSPS) is 13.6. The third kappa shape index (κ3) is 5.36. The standard InChI is InChI=1S/C28H25FN2O4/c1-19-17-20(2)31-27(30-19)35-25(26(32)33)28(22-11-7-4-8-12-22,23-13-15-24(29)16-14-23)34-18-21-9-5-3-6-10-21/h3-17,25H,18H2,1-2H3,(H,32,33)/t25-,28+/m0/s1. The molecule has 0 amide bonds. The van der Waals surface area contributed by atoms with Gasteiger partial charge in [0.15, 0.2) is 5.60 Å². The van der Waals surface area contributed by atoms with Gasteiger partial charge in [-0.15, -0.1) is 0 Å². The van der Waals surface area contributed by atoms with Crippen LogP contribution in [-0.2, 0) is 21.7 Å². The number of halogens is 1. The number of carbonyl (C=O) groups is 1. The van der Waals surface area contributed by atoms with Gasteiger partial charge >= 0.3 is 12.0 Å². The Morgan fingerprint density at radius 3 is 2.00 bits per heavy atom. The Balaban J connectivity index is 1.91. The van der Waals surface area contributed by atoms with Gasteiger partial charge in [0, 0.05) is 11.4 Å². The van der Waals surface area contributed by atoms with Gasteiger partial charge in [0.1, 0.15) is 5.82 Å². The molecule has 1 heterocycles. The van der Waals surface area contributed by atoms with Crippen LogP contribution in [-0.4, -0.2) is 27.1 Å². The molecule has 0 saturated heterocycles.